The van der Waals surface area contributed by atoms with E-state index in [-0.39, 0.29) is 31.5 Å². The van der Waals surface area contributed by atoms with E-state index in [4.69, 9.17) is 18.9 Å². The molecular formula is C22H21NO5. The van der Waals surface area contributed by atoms with Crippen LogP contribution in [-0.4, -0.2) is 31.5 Å². The Balaban J connectivity index is 1.27. The summed E-state index contributed by atoms with van der Waals surface area (Å²) in [5.74, 6) is 8.29. The summed E-state index contributed by atoms with van der Waals surface area (Å²) in [6, 6.07) is 11.0. The molecule has 0 radical (unpaired) electrons. The summed E-state index contributed by atoms with van der Waals surface area (Å²) in [6.07, 6.45) is 0.858. The van der Waals surface area contributed by atoms with E-state index < -0.39 is 0 Å². The van der Waals surface area contributed by atoms with Gasteiger partial charge in [-0.15, -0.1) is 0 Å². The molecule has 2 aliphatic heterocycles. The van der Waals surface area contributed by atoms with Gasteiger partial charge in [-0.3, -0.25) is 4.79 Å². The predicted octanol–water partition coefficient (Wildman–Crippen LogP) is 2.94. The molecule has 0 spiro atoms. The quantitative estimate of drug-likeness (QED) is 0.828. The molecule has 144 valence electrons. The Hall–Kier alpha value is -3.33. The molecular weight excluding hydrogens is 358 g/mol. The molecule has 0 saturated heterocycles. The first-order valence-corrected chi connectivity index (χ1v) is 9.09. The van der Waals surface area contributed by atoms with Gasteiger partial charge in [0.05, 0.1) is 6.54 Å². The molecule has 6 nitrogen and oxygen atoms in total. The van der Waals surface area contributed by atoms with E-state index >= 15 is 0 Å². The number of hydrogen-bond donors (Lipinski definition) is 1. The van der Waals surface area contributed by atoms with Gasteiger partial charge >= 0.3 is 0 Å². The Labute approximate surface area is 163 Å². The van der Waals surface area contributed by atoms with Crippen LogP contribution in [0.3, 0.4) is 0 Å². The Morgan fingerprint density at radius 1 is 1.18 bits per heavy atom. The monoisotopic (exact) mass is 379 g/mol. The van der Waals surface area contributed by atoms with Crippen LogP contribution in [0.15, 0.2) is 36.4 Å². The summed E-state index contributed by atoms with van der Waals surface area (Å²) >= 11 is 0. The predicted molar refractivity (Wildman–Crippen MR) is 103 cm³/mol. The van der Waals surface area contributed by atoms with Crippen molar-refractivity contribution in [3.8, 4) is 34.8 Å². The average molecular weight is 379 g/mol. The fraction of sp³-hybridized carbons (Fsp3) is 0.318. The maximum absolute atomic E-state index is 12.2. The van der Waals surface area contributed by atoms with Crippen molar-refractivity contribution in [1.29, 1.82) is 0 Å². The summed E-state index contributed by atoms with van der Waals surface area (Å²) in [6.45, 7) is 4.74. The Morgan fingerprint density at radius 2 is 2.04 bits per heavy atom. The van der Waals surface area contributed by atoms with Crippen molar-refractivity contribution in [2.75, 3.05) is 19.9 Å². The molecule has 0 atom stereocenters. The van der Waals surface area contributed by atoms with Gasteiger partial charge in [-0.05, 0) is 38.1 Å². The number of benzene rings is 2. The highest BCUT2D eigenvalue weighted by atomic mass is 16.7. The molecule has 0 aliphatic carbocycles. The number of rotatable bonds is 4. The number of ether oxygens (including phenoxy) is 4. The first-order valence-electron chi connectivity index (χ1n) is 9.09. The third kappa shape index (κ3) is 3.84. The minimum absolute atomic E-state index is 0.180. The van der Waals surface area contributed by atoms with E-state index in [0.717, 1.165) is 17.7 Å². The maximum Gasteiger partial charge on any atom is 0.252 e. The number of nitrogens with one attached hydrogen (secondary N) is 1. The standard InChI is InChI=1S/C22H21NO5/c1-22(2)13-16-6-5-7-18(20(16)28-22)25-11-4-3-10-23-21(24)15-8-9-17-19(12-15)27-14-26-17/h5-9,12H,10-11,13-14H2,1-2H3,(H,23,24). The van der Waals surface area contributed by atoms with Gasteiger partial charge in [0.25, 0.3) is 5.91 Å². The van der Waals surface area contributed by atoms with Crippen LogP contribution in [0.2, 0.25) is 0 Å². The van der Waals surface area contributed by atoms with Crippen molar-refractivity contribution in [1.82, 2.24) is 5.32 Å². The first kappa shape index (κ1) is 18.1. The lowest BCUT2D eigenvalue weighted by atomic mass is 10.0. The van der Waals surface area contributed by atoms with E-state index in [1.54, 1.807) is 18.2 Å². The summed E-state index contributed by atoms with van der Waals surface area (Å²) in [5.41, 5.74) is 1.43. The highest BCUT2D eigenvalue weighted by Gasteiger charge is 2.32. The number of para-hydroxylation sites is 1. The van der Waals surface area contributed by atoms with E-state index in [0.29, 0.717) is 22.8 Å². The lowest BCUT2D eigenvalue weighted by Gasteiger charge is -2.17. The lowest BCUT2D eigenvalue weighted by Crippen LogP contribution is -2.24. The van der Waals surface area contributed by atoms with Gasteiger partial charge in [0, 0.05) is 17.5 Å². The molecule has 0 unspecified atom stereocenters. The molecule has 0 aromatic heterocycles. The number of amides is 1. The van der Waals surface area contributed by atoms with E-state index in [1.165, 1.54) is 0 Å². The fourth-order valence-corrected chi connectivity index (χ4v) is 3.19. The Bertz CT molecular complexity index is 971. The van der Waals surface area contributed by atoms with Crippen LogP contribution in [0.25, 0.3) is 0 Å². The highest BCUT2D eigenvalue weighted by Crippen LogP contribution is 2.41. The topological polar surface area (TPSA) is 66.0 Å². The zero-order chi connectivity index (χ0) is 19.6. The van der Waals surface area contributed by atoms with Gasteiger partial charge in [0.1, 0.15) is 12.2 Å². The largest absolute Gasteiger partial charge is 0.483 e. The van der Waals surface area contributed by atoms with Gasteiger partial charge in [0.15, 0.2) is 23.0 Å². The summed E-state index contributed by atoms with van der Waals surface area (Å²) in [7, 11) is 0. The Kier molecular flexibility index (Phi) is 4.74. The number of carbonyl (C=O) groups excluding carboxylic acids is 1. The zero-order valence-electron chi connectivity index (χ0n) is 15.8. The minimum atomic E-state index is -0.218. The van der Waals surface area contributed by atoms with Crippen molar-refractivity contribution >= 4 is 5.91 Å². The van der Waals surface area contributed by atoms with Crippen LogP contribution >= 0.6 is 0 Å². The zero-order valence-corrected chi connectivity index (χ0v) is 15.8. The normalized spacial score (nSPS) is 15.1. The van der Waals surface area contributed by atoms with Gasteiger partial charge in [-0.1, -0.05) is 24.0 Å². The molecule has 2 aromatic carbocycles. The van der Waals surface area contributed by atoms with Gasteiger partial charge < -0.3 is 24.3 Å². The second-order valence-electron chi connectivity index (χ2n) is 7.18. The number of hydrogen-bond acceptors (Lipinski definition) is 5. The first-order chi connectivity index (χ1) is 13.5. The molecule has 28 heavy (non-hydrogen) atoms. The molecule has 2 heterocycles. The SMILES string of the molecule is CC1(C)Cc2cccc(OCC#CCNC(=O)c3ccc4c(c3)OCO4)c2O1. The molecule has 0 bridgehead atoms. The third-order valence-corrected chi connectivity index (χ3v) is 4.45. The molecule has 2 aromatic rings. The maximum atomic E-state index is 12.2. The van der Waals surface area contributed by atoms with Crippen molar-refractivity contribution < 1.29 is 23.7 Å². The third-order valence-electron chi connectivity index (χ3n) is 4.45. The minimum Gasteiger partial charge on any atom is -0.483 e. The molecule has 4 rings (SSSR count). The molecule has 0 saturated carbocycles. The van der Waals surface area contributed by atoms with Crippen molar-refractivity contribution in [2.24, 2.45) is 0 Å². The van der Waals surface area contributed by atoms with Crippen LogP contribution in [0.5, 0.6) is 23.0 Å². The Morgan fingerprint density at radius 3 is 2.93 bits per heavy atom. The molecule has 0 fully saturated rings. The summed E-state index contributed by atoms with van der Waals surface area (Å²) < 4.78 is 22.2. The molecule has 1 amide bonds. The van der Waals surface area contributed by atoms with E-state index in [9.17, 15) is 4.79 Å². The van der Waals surface area contributed by atoms with Crippen LogP contribution in [0.1, 0.15) is 29.8 Å². The molecule has 2 aliphatic rings. The van der Waals surface area contributed by atoms with Crippen molar-refractivity contribution in [2.45, 2.75) is 25.9 Å². The van der Waals surface area contributed by atoms with Gasteiger partial charge in [-0.25, -0.2) is 0 Å². The summed E-state index contributed by atoms with van der Waals surface area (Å²) in [4.78, 5) is 12.2. The lowest BCUT2D eigenvalue weighted by molar-refractivity contribution is 0.0958. The van der Waals surface area contributed by atoms with Crippen molar-refractivity contribution in [3.05, 3.63) is 47.5 Å². The number of fused-ring (bicyclic) bond motifs is 2. The second kappa shape index (κ2) is 7.35. The molecule has 1 N–H and O–H groups in total. The average Bonchev–Trinajstić information content (AvgIpc) is 3.26. The van der Waals surface area contributed by atoms with E-state index in [1.807, 2.05) is 18.2 Å². The van der Waals surface area contributed by atoms with E-state index in [2.05, 4.69) is 31.0 Å². The van der Waals surface area contributed by atoms with Crippen LogP contribution in [0.4, 0.5) is 0 Å². The number of carbonyl (C=O) groups is 1. The van der Waals surface area contributed by atoms with Gasteiger partial charge in [-0.2, -0.15) is 0 Å². The van der Waals surface area contributed by atoms with Crippen molar-refractivity contribution in [3.63, 3.8) is 0 Å². The van der Waals surface area contributed by atoms with Crippen LogP contribution in [0, 0.1) is 11.8 Å². The fourth-order valence-electron chi connectivity index (χ4n) is 3.19. The molecule has 6 heteroatoms. The van der Waals surface area contributed by atoms with Crippen LogP contribution in [-0.2, 0) is 6.42 Å². The summed E-state index contributed by atoms with van der Waals surface area (Å²) in [5, 5.41) is 2.75. The van der Waals surface area contributed by atoms with Gasteiger partial charge in [0.2, 0.25) is 6.79 Å². The smallest absolute Gasteiger partial charge is 0.252 e. The second-order valence-corrected chi connectivity index (χ2v) is 7.18. The van der Waals surface area contributed by atoms with Crippen LogP contribution < -0.4 is 24.3 Å². The highest BCUT2D eigenvalue weighted by molar-refractivity contribution is 5.95.